The zero-order valence-corrected chi connectivity index (χ0v) is 5.14. The van der Waals surface area contributed by atoms with Crippen LogP contribution in [0.3, 0.4) is 0 Å². The molecule has 1 heterocycles. The Balaban J connectivity index is 2.53. The molecule has 0 bridgehead atoms. The number of alkyl halides is 1. The Morgan fingerprint density at radius 2 is 2.00 bits per heavy atom. The van der Waals surface area contributed by atoms with Gasteiger partial charge in [0, 0.05) is 0 Å². The molecule has 1 fully saturated rings. The van der Waals surface area contributed by atoms with Gasteiger partial charge in [-0.05, 0) is 0 Å². The first kappa shape index (κ1) is 7.87. The van der Waals surface area contributed by atoms with Gasteiger partial charge in [0.25, 0.3) is 0 Å². The number of rotatable bonds is 1. The summed E-state index contributed by atoms with van der Waals surface area (Å²) in [6.07, 6.45) is -5.82. The quantitative estimate of drug-likeness (QED) is 0.423. The van der Waals surface area contributed by atoms with Crippen LogP contribution in [0.25, 0.3) is 0 Å². The number of ether oxygens (including phenoxy) is 1. The lowest BCUT2D eigenvalue weighted by atomic mass is 10.2. The molecule has 4 atom stereocenters. The Bertz CT molecular complexity index is 120. The summed E-state index contributed by atoms with van der Waals surface area (Å²) in [5.41, 5.74) is 0. The van der Waals surface area contributed by atoms with E-state index in [9.17, 15) is 4.39 Å². The lowest BCUT2D eigenvalue weighted by Crippen LogP contribution is -2.30. The Labute approximate surface area is 56.9 Å². The third-order valence-electron chi connectivity index (χ3n) is 1.47. The molecule has 10 heavy (non-hydrogen) atoms. The molecule has 1 aliphatic rings. The average Bonchev–Trinajstić information content (AvgIpc) is 2.17. The van der Waals surface area contributed by atoms with Crippen molar-refractivity contribution in [2.24, 2.45) is 0 Å². The molecule has 3 N–H and O–H groups in total. The van der Waals surface area contributed by atoms with E-state index in [4.69, 9.17) is 15.3 Å². The summed E-state index contributed by atoms with van der Waals surface area (Å²) in [7, 11) is 0. The van der Waals surface area contributed by atoms with Crippen LogP contribution >= 0.6 is 0 Å². The maximum Gasteiger partial charge on any atom is 0.189 e. The van der Waals surface area contributed by atoms with Gasteiger partial charge in [0.1, 0.15) is 12.2 Å². The molecule has 0 unspecified atom stereocenters. The zero-order chi connectivity index (χ0) is 7.72. The smallest absolute Gasteiger partial charge is 0.189 e. The molecule has 0 aromatic rings. The second-order valence-electron chi connectivity index (χ2n) is 2.18. The summed E-state index contributed by atoms with van der Waals surface area (Å²) in [5, 5.41) is 25.8. The fourth-order valence-electron chi connectivity index (χ4n) is 0.859. The number of hydrogen-bond donors (Lipinski definition) is 3. The highest BCUT2D eigenvalue weighted by Crippen LogP contribution is 2.21. The standard InChI is InChI=1S/C5H9FO4/c6-3-4(8)2(1-7)10-5(3)9/h2-5,7-9H,1H2/t2-,3-,4-,5+/m1/s1. The predicted molar refractivity (Wildman–Crippen MR) is 28.9 cm³/mol. The van der Waals surface area contributed by atoms with Crippen LogP contribution in [-0.2, 0) is 4.74 Å². The maximum atomic E-state index is 12.4. The predicted octanol–water partition coefficient (Wildman–Crippen LogP) is -1.61. The normalized spacial score (nSPS) is 48.0. The van der Waals surface area contributed by atoms with Crippen molar-refractivity contribution in [3.8, 4) is 0 Å². The molecule has 0 aromatic heterocycles. The van der Waals surface area contributed by atoms with Crippen molar-refractivity contribution in [2.75, 3.05) is 6.61 Å². The van der Waals surface area contributed by atoms with E-state index < -0.39 is 31.3 Å². The van der Waals surface area contributed by atoms with Gasteiger partial charge in [-0.15, -0.1) is 0 Å². The van der Waals surface area contributed by atoms with Crippen molar-refractivity contribution in [1.82, 2.24) is 0 Å². The van der Waals surface area contributed by atoms with Gasteiger partial charge in [-0.25, -0.2) is 4.39 Å². The SMILES string of the molecule is OC[C@H]1O[C@H](O)[C@H](F)[C@@H]1O. The van der Waals surface area contributed by atoms with Crippen molar-refractivity contribution < 1.29 is 24.4 Å². The van der Waals surface area contributed by atoms with Crippen LogP contribution in [-0.4, -0.2) is 46.6 Å². The fourth-order valence-corrected chi connectivity index (χ4v) is 0.859. The first-order valence-electron chi connectivity index (χ1n) is 2.93. The van der Waals surface area contributed by atoms with E-state index in [0.29, 0.717) is 0 Å². The van der Waals surface area contributed by atoms with E-state index in [0.717, 1.165) is 0 Å². The first-order chi connectivity index (χ1) is 4.66. The van der Waals surface area contributed by atoms with Crippen molar-refractivity contribution >= 4 is 0 Å². The van der Waals surface area contributed by atoms with Crippen molar-refractivity contribution in [2.45, 2.75) is 24.7 Å². The minimum absolute atomic E-state index is 0.487. The van der Waals surface area contributed by atoms with Gasteiger partial charge in [0.05, 0.1) is 6.61 Å². The molecular weight excluding hydrogens is 143 g/mol. The highest BCUT2D eigenvalue weighted by atomic mass is 19.1. The highest BCUT2D eigenvalue weighted by molar-refractivity contribution is 4.85. The molecule has 0 amide bonds. The molecule has 0 radical (unpaired) electrons. The van der Waals surface area contributed by atoms with Gasteiger partial charge >= 0.3 is 0 Å². The molecule has 0 saturated carbocycles. The molecule has 1 saturated heterocycles. The number of halogens is 1. The minimum atomic E-state index is -1.81. The molecule has 1 rings (SSSR count). The topological polar surface area (TPSA) is 69.9 Å². The third-order valence-corrected chi connectivity index (χ3v) is 1.47. The van der Waals surface area contributed by atoms with Crippen molar-refractivity contribution in [1.29, 1.82) is 0 Å². The summed E-state index contributed by atoms with van der Waals surface area (Å²) in [4.78, 5) is 0. The fraction of sp³-hybridized carbons (Fsp3) is 1.00. The summed E-state index contributed by atoms with van der Waals surface area (Å²) in [5.74, 6) is 0. The largest absolute Gasteiger partial charge is 0.394 e. The monoisotopic (exact) mass is 152 g/mol. The minimum Gasteiger partial charge on any atom is -0.394 e. The van der Waals surface area contributed by atoms with Gasteiger partial charge in [-0.1, -0.05) is 0 Å². The van der Waals surface area contributed by atoms with E-state index in [2.05, 4.69) is 4.74 Å². The molecule has 1 aliphatic heterocycles. The number of hydrogen-bond acceptors (Lipinski definition) is 4. The Morgan fingerprint density at radius 3 is 2.20 bits per heavy atom. The lowest BCUT2D eigenvalue weighted by Gasteiger charge is -2.08. The van der Waals surface area contributed by atoms with E-state index in [1.165, 1.54) is 0 Å². The van der Waals surface area contributed by atoms with E-state index in [-0.39, 0.29) is 0 Å². The van der Waals surface area contributed by atoms with E-state index >= 15 is 0 Å². The Hall–Kier alpha value is -0.230. The molecule has 60 valence electrons. The van der Waals surface area contributed by atoms with Crippen LogP contribution in [0.15, 0.2) is 0 Å². The highest BCUT2D eigenvalue weighted by Gasteiger charge is 2.42. The second-order valence-corrected chi connectivity index (χ2v) is 2.18. The van der Waals surface area contributed by atoms with Gasteiger partial charge in [-0.3, -0.25) is 0 Å². The van der Waals surface area contributed by atoms with Crippen molar-refractivity contribution in [3.05, 3.63) is 0 Å². The summed E-state index contributed by atoms with van der Waals surface area (Å²) in [6, 6.07) is 0. The lowest BCUT2D eigenvalue weighted by molar-refractivity contribution is -0.121. The second kappa shape index (κ2) is 2.79. The van der Waals surface area contributed by atoms with Crippen LogP contribution in [0.2, 0.25) is 0 Å². The van der Waals surface area contributed by atoms with Crippen LogP contribution in [0.5, 0.6) is 0 Å². The van der Waals surface area contributed by atoms with Crippen LogP contribution < -0.4 is 0 Å². The average molecular weight is 152 g/mol. The van der Waals surface area contributed by atoms with Crippen LogP contribution in [0, 0.1) is 0 Å². The Morgan fingerprint density at radius 1 is 1.40 bits per heavy atom. The zero-order valence-electron chi connectivity index (χ0n) is 5.14. The number of aliphatic hydroxyl groups is 3. The summed E-state index contributed by atoms with van der Waals surface area (Å²) < 4.78 is 16.8. The molecule has 0 aliphatic carbocycles. The summed E-state index contributed by atoms with van der Waals surface area (Å²) >= 11 is 0. The third kappa shape index (κ3) is 1.13. The van der Waals surface area contributed by atoms with Crippen LogP contribution in [0.1, 0.15) is 0 Å². The van der Waals surface area contributed by atoms with E-state index in [1.54, 1.807) is 0 Å². The summed E-state index contributed by atoms with van der Waals surface area (Å²) in [6.45, 7) is -0.487. The first-order valence-corrected chi connectivity index (χ1v) is 2.93. The van der Waals surface area contributed by atoms with Gasteiger partial charge < -0.3 is 20.1 Å². The van der Waals surface area contributed by atoms with Gasteiger partial charge in [-0.2, -0.15) is 0 Å². The van der Waals surface area contributed by atoms with Gasteiger partial charge in [0.2, 0.25) is 0 Å². The van der Waals surface area contributed by atoms with Gasteiger partial charge in [0.15, 0.2) is 12.5 Å². The van der Waals surface area contributed by atoms with Crippen molar-refractivity contribution in [3.63, 3.8) is 0 Å². The maximum absolute atomic E-state index is 12.4. The number of aliphatic hydroxyl groups excluding tert-OH is 3. The molecule has 5 heteroatoms. The van der Waals surface area contributed by atoms with Crippen LogP contribution in [0.4, 0.5) is 4.39 Å². The van der Waals surface area contributed by atoms with E-state index in [1.807, 2.05) is 0 Å². The Kier molecular flexibility index (Phi) is 2.20. The molecule has 0 spiro atoms. The molecular formula is C5H9FO4. The molecule has 0 aromatic carbocycles. The molecule has 4 nitrogen and oxygen atoms in total.